The highest BCUT2D eigenvalue weighted by molar-refractivity contribution is 5.78. The molecule has 2 N–H and O–H groups in total. The molecule has 0 bridgehead atoms. The molecule has 25 heavy (non-hydrogen) atoms. The Balaban J connectivity index is 1.41. The van der Waals surface area contributed by atoms with Crippen LogP contribution in [0.4, 0.5) is 0 Å². The van der Waals surface area contributed by atoms with E-state index in [0.29, 0.717) is 5.92 Å². The molecule has 2 aliphatic heterocycles. The van der Waals surface area contributed by atoms with Gasteiger partial charge in [0.2, 0.25) is 0 Å². The zero-order valence-corrected chi connectivity index (χ0v) is 16.0. The summed E-state index contributed by atoms with van der Waals surface area (Å²) in [7, 11) is 0. The van der Waals surface area contributed by atoms with Crippen molar-refractivity contribution in [2.75, 3.05) is 32.7 Å². The van der Waals surface area contributed by atoms with Crippen LogP contribution in [0, 0.1) is 18.8 Å². The first-order chi connectivity index (χ1) is 12.1. The molecule has 2 fully saturated rings. The summed E-state index contributed by atoms with van der Waals surface area (Å²) in [5.74, 6) is 2.20. The van der Waals surface area contributed by atoms with Crippen molar-refractivity contribution >= 4 is 5.96 Å². The molecule has 0 saturated carbocycles. The summed E-state index contributed by atoms with van der Waals surface area (Å²) >= 11 is 0. The largest absolute Gasteiger partial charge is 0.370 e. The maximum Gasteiger partial charge on any atom is 0.191 e. The van der Waals surface area contributed by atoms with Crippen LogP contribution in [-0.2, 0) is 6.54 Å². The van der Waals surface area contributed by atoms with Crippen molar-refractivity contribution in [2.24, 2.45) is 22.6 Å². The Hall–Kier alpha value is -1.55. The van der Waals surface area contributed by atoms with Crippen LogP contribution in [-0.4, -0.2) is 48.5 Å². The Morgan fingerprint density at radius 3 is 2.52 bits per heavy atom. The van der Waals surface area contributed by atoms with Gasteiger partial charge in [-0.1, -0.05) is 36.8 Å². The normalized spacial score (nSPS) is 23.8. The van der Waals surface area contributed by atoms with E-state index in [1.54, 1.807) is 0 Å². The minimum absolute atomic E-state index is 0.690. The molecule has 0 aliphatic carbocycles. The Morgan fingerprint density at radius 1 is 1.12 bits per heavy atom. The number of guanidine groups is 1. The number of nitrogens with two attached hydrogens (primary N) is 1. The number of aryl methyl sites for hydroxylation is 1. The highest BCUT2D eigenvalue weighted by Crippen LogP contribution is 2.20. The first-order valence-corrected chi connectivity index (χ1v) is 9.93. The number of piperidine rings is 2. The average molecular weight is 343 g/mol. The number of likely N-dealkylation sites (tertiary alicyclic amines) is 2. The molecular weight excluding hydrogens is 308 g/mol. The van der Waals surface area contributed by atoms with Crippen molar-refractivity contribution in [3.63, 3.8) is 0 Å². The quantitative estimate of drug-likeness (QED) is 0.675. The highest BCUT2D eigenvalue weighted by Gasteiger charge is 2.21. The van der Waals surface area contributed by atoms with E-state index in [0.717, 1.165) is 38.1 Å². The maximum absolute atomic E-state index is 6.23. The van der Waals surface area contributed by atoms with Crippen molar-refractivity contribution < 1.29 is 0 Å². The molecule has 0 amide bonds. The molecule has 1 atom stereocenters. The van der Waals surface area contributed by atoms with Crippen molar-refractivity contribution in [3.8, 4) is 0 Å². The Morgan fingerprint density at radius 2 is 1.84 bits per heavy atom. The summed E-state index contributed by atoms with van der Waals surface area (Å²) in [4.78, 5) is 9.57. The van der Waals surface area contributed by atoms with Crippen LogP contribution in [0.15, 0.2) is 29.3 Å². The van der Waals surface area contributed by atoms with Gasteiger partial charge in [0.1, 0.15) is 0 Å². The molecule has 2 aliphatic rings. The zero-order chi connectivity index (χ0) is 17.6. The summed E-state index contributed by atoms with van der Waals surface area (Å²) in [6.07, 6.45) is 5.04. The summed E-state index contributed by atoms with van der Waals surface area (Å²) in [6, 6.07) is 8.93. The van der Waals surface area contributed by atoms with Crippen LogP contribution in [0.25, 0.3) is 0 Å². The number of benzene rings is 1. The number of aliphatic imine (C=N–C) groups is 1. The summed E-state index contributed by atoms with van der Waals surface area (Å²) < 4.78 is 0. The van der Waals surface area contributed by atoms with Gasteiger partial charge in [-0.15, -0.1) is 0 Å². The van der Waals surface area contributed by atoms with Gasteiger partial charge in [-0.25, -0.2) is 0 Å². The minimum atomic E-state index is 0.690. The third-order valence-corrected chi connectivity index (χ3v) is 5.73. The number of nitrogens with zero attached hydrogens (tertiary/aromatic N) is 3. The molecule has 0 spiro atoms. The lowest BCUT2D eigenvalue weighted by Crippen LogP contribution is -2.44. The van der Waals surface area contributed by atoms with E-state index in [2.05, 4.69) is 47.9 Å². The summed E-state index contributed by atoms with van der Waals surface area (Å²) in [5.41, 5.74) is 8.99. The predicted molar refractivity (Wildman–Crippen MR) is 106 cm³/mol. The lowest BCUT2D eigenvalue weighted by Gasteiger charge is -2.33. The summed E-state index contributed by atoms with van der Waals surface area (Å²) in [6.45, 7) is 10.9. The van der Waals surface area contributed by atoms with E-state index in [9.17, 15) is 0 Å². The van der Waals surface area contributed by atoms with Crippen LogP contribution in [0.1, 0.15) is 43.7 Å². The second kappa shape index (κ2) is 8.70. The van der Waals surface area contributed by atoms with Gasteiger partial charge in [-0.2, -0.15) is 0 Å². The molecule has 138 valence electrons. The first kappa shape index (κ1) is 18.2. The fourth-order valence-electron chi connectivity index (χ4n) is 4.00. The molecule has 1 aromatic carbocycles. The molecule has 1 aromatic rings. The van der Waals surface area contributed by atoms with Crippen LogP contribution in [0.2, 0.25) is 0 Å². The van der Waals surface area contributed by atoms with Gasteiger partial charge in [0, 0.05) is 26.2 Å². The second-order valence-corrected chi connectivity index (χ2v) is 8.10. The van der Waals surface area contributed by atoms with Crippen molar-refractivity contribution in [1.29, 1.82) is 0 Å². The topological polar surface area (TPSA) is 44.9 Å². The van der Waals surface area contributed by atoms with Gasteiger partial charge in [-0.3, -0.25) is 9.89 Å². The zero-order valence-electron chi connectivity index (χ0n) is 16.0. The van der Waals surface area contributed by atoms with E-state index in [1.165, 1.54) is 49.9 Å². The third-order valence-electron chi connectivity index (χ3n) is 5.73. The number of hydrogen-bond donors (Lipinski definition) is 1. The van der Waals surface area contributed by atoms with E-state index >= 15 is 0 Å². The van der Waals surface area contributed by atoms with Gasteiger partial charge < -0.3 is 10.6 Å². The lowest BCUT2D eigenvalue weighted by atomic mass is 9.96. The highest BCUT2D eigenvalue weighted by atomic mass is 15.3. The fraction of sp³-hybridized carbons (Fsp3) is 0.667. The molecule has 2 saturated heterocycles. The van der Waals surface area contributed by atoms with Crippen molar-refractivity contribution in [2.45, 2.75) is 46.1 Å². The lowest BCUT2D eigenvalue weighted by molar-refractivity contribution is 0.180. The molecule has 4 heteroatoms. The van der Waals surface area contributed by atoms with Crippen LogP contribution < -0.4 is 5.73 Å². The maximum atomic E-state index is 6.23. The van der Waals surface area contributed by atoms with Gasteiger partial charge in [0.15, 0.2) is 5.96 Å². The monoisotopic (exact) mass is 342 g/mol. The van der Waals surface area contributed by atoms with Crippen LogP contribution in [0.5, 0.6) is 0 Å². The van der Waals surface area contributed by atoms with Crippen LogP contribution >= 0.6 is 0 Å². The Labute approximate surface area is 153 Å². The standard InChI is InChI=1S/C21H34N4/c1-17-5-7-20(8-6-17)16-24-12-9-19(10-13-24)14-23-21(22)25-11-3-4-18(2)15-25/h5-8,18-19H,3-4,9-16H2,1-2H3,(H2,22,23). The molecule has 3 rings (SSSR count). The van der Waals surface area contributed by atoms with Gasteiger partial charge in [-0.05, 0) is 63.1 Å². The van der Waals surface area contributed by atoms with Gasteiger partial charge in [0.25, 0.3) is 0 Å². The summed E-state index contributed by atoms with van der Waals surface area (Å²) in [5, 5.41) is 0. The Kier molecular flexibility index (Phi) is 6.35. The molecule has 2 heterocycles. The van der Waals surface area contributed by atoms with E-state index in [4.69, 9.17) is 10.7 Å². The number of rotatable bonds is 4. The minimum Gasteiger partial charge on any atom is -0.370 e. The van der Waals surface area contributed by atoms with E-state index < -0.39 is 0 Å². The number of hydrogen-bond acceptors (Lipinski definition) is 2. The average Bonchev–Trinajstić information content (AvgIpc) is 2.63. The van der Waals surface area contributed by atoms with Crippen molar-refractivity contribution in [1.82, 2.24) is 9.80 Å². The molecule has 0 aromatic heterocycles. The van der Waals surface area contributed by atoms with Crippen LogP contribution in [0.3, 0.4) is 0 Å². The van der Waals surface area contributed by atoms with E-state index in [1.807, 2.05) is 0 Å². The molecular formula is C21H34N4. The molecule has 4 nitrogen and oxygen atoms in total. The fourth-order valence-corrected chi connectivity index (χ4v) is 4.00. The molecule has 1 unspecified atom stereocenters. The Bertz CT molecular complexity index is 558. The second-order valence-electron chi connectivity index (χ2n) is 8.10. The van der Waals surface area contributed by atoms with E-state index in [-0.39, 0.29) is 0 Å². The van der Waals surface area contributed by atoms with Gasteiger partial charge in [0.05, 0.1) is 0 Å². The SMILES string of the molecule is Cc1ccc(CN2CCC(CN=C(N)N3CCCC(C)C3)CC2)cc1. The first-order valence-electron chi connectivity index (χ1n) is 9.93. The molecule has 0 radical (unpaired) electrons. The predicted octanol–water partition coefficient (Wildman–Crippen LogP) is 3.25. The van der Waals surface area contributed by atoms with Gasteiger partial charge >= 0.3 is 0 Å². The third kappa shape index (κ3) is 5.46. The smallest absolute Gasteiger partial charge is 0.191 e. The van der Waals surface area contributed by atoms with Crippen molar-refractivity contribution in [3.05, 3.63) is 35.4 Å².